The van der Waals surface area contributed by atoms with Crippen molar-refractivity contribution in [3.8, 4) is 0 Å². The highest BCUT2D eigenvalue weighted by Crippen LogP contribution is 2.29. The minimum Gasteiger partial charge on any atom is -0.358 e. The molecule has 1 N–H and O–H groups in total. The quantitative estimate of drug-likeness (QED) is 0.758. The van der Waals surface area contributed by atoms with E-state index in [2.05, 4.69) is 60.8 Å². The molecule has 1 aliphatic heterocycles. The van der Waals surface area contributed by atoms with Gasteiger partial charge in [0.25, 0.3) is 0 Å². The number of aromatic nitrogens is 2. The molecule has 4 rings (SSSR count). The van der Waals surface area contributed by atoms with E-state index in [4.69, 9.17) is 0 Å². The number of aromatic amines is 1. The van der Waals surface area contributed by atoms with Gasteiger partial charge in [0.15, 0.2) is 0 Å². The standard InChI is InChI=1S/C23H28N4O/c1-15-7-8-16(2)22-21(15)19(18(4)25-22)14-20(28)26-10-12-27(13-11-26)23-17(3)6-5-9-24-23/h5-9,25H,10-14H2,1-4H3. The summed E-state index contributed by atoms with van der Waals surface area (Å²) >= 11 is 0. The predicted octanol–water partition coefficient (Wildman–Crippen LogP) is 3.69. The molecule has 28 heavy (non-hydrogen) atoms. The van der Waals surface area contributed by atoms with E-state index in [0.717, 1.165) is 48.8 Å². The molecule has 0 spiro atoms. The Labute approximate surface area is 166 Å². The number of carbonyl (C=O) groups is 1. The molecule has 146 valence electrons. The largest absolute Gasteiger partial charge is 0.358 e. The molecule has 1 amide bonds. The number of nitrogens with one attached hydrogen (secondary N) is 1. The van der Waals surface area contributed by atoms with Gasteiger partial charge in [-0.3, -0.25) is 4.79 Å². The van der Waals surface area contributed by atoms with Gasteiger partial charge in [0.05, 0.1) is 6.42 Å². The van der Waals surface area contributed by atoms with Gasteiger partial charge < -0.3 is 14.8 Å². The summed E-state index contributed by atoms with van der Waals surface area (Å²) in [6, 6.07) is 8.33. The molecule has 0 unspecified atom stereocenters. The van der Waals surface area contributed by atoms with E-state index in [9.17, 15) is 4.79 Å². The highest BCUT2D eigenvalue weighted by Gasteiger charge is 2.24. The molecule has 3 aromatic rings. The van der Waals surface area contributed by atoms with E-state index in [1.54, 1.807) is 0 Å². The van der Waals surface area contributed by atoms with Crippen molar-refractivity contribution < 1.29 is 4.79 Å². The monoisotopic (exact) mass is 376 g/mol. The molecule has 0 radical (unpaired) electrons. The zero-order valence-corrected chi connectivity index (χ0v) is 17.2. The zero-order valence-electron chi connectivity index (χ0n) is 17.2. The van der Waals surface area contributed by atoms with Crippen LogP contribution in [0.5, 0.6) is 0 Å². The van der Waals surface area contributed by atoms with Crippen molar-refractivity contribution >= 4 is 22.6 Å². The van der Waals surface area contributed by atoms with Gasteiger partial charge in [-0.25, -0.2) is 4.98 Å². The van der Waals surface area contributed by atoms with Crippen LogP contribution in [0.3, 0.4) is 0 Å². The number of amides is 1. The highest BCUT2D eigenvalue weighted by molar-refractivity contribution is 5.94. The van der Waals surface area contributed by atoms with Crippen LogP contribution >= 0.6 is 0 Å². The van der Waals surface area contributed by atoms with Crippen molar-refractivity contribution in [3.63, 3.8) is 0 Å². The molecular weight excluding hydrogens is 348 g/mol. The zero-order chi connectivity index (χ0) is 19.8. The predicted molar refractivity (Wildman–Crippen MR) is 114 cm³/mol. The van der Waals surface area contributed by atoms with Crippen LogP contribution in [0.1, 0.15) is 27.9 Å². The van der Waals surface area contributed by atoms with Gasteiger partial charge in [0.2, 0.25) is 5.91 Å². The number of H-pyrrole nitrogens is 1. The summed E-state index contributed by atoms with van der Waals surface area (Å²) in [5, 5.41) is 1.22. The summed E-state index contributed by atoms with van der Waals surface area (Å²) in [6.45, 7) is 11.5. The lowest BCUT2D eigenvalue weighted by molar-refractivity contribution is -0.130. The van der Waals surface area contributed by atoms with E-state index in [0.29, 0.717) is 6.42 Å². The normalized spacial score (nSPS) is 14.7. The van der Waals surface area contributed by atoms with Crippen LogP contribution in [0.2, 0.25) is 0 Å². The Bertz CT molecular complexity index is 1030. The van der Waals surface area contributed by atoms with Gasteiger partial charge in [0.1, 0.15) is 5.82 Å². The molecule has 3 heterocycles. The Morgan fingerprint density at radius 3 is 2.43 bits per heavy atom. The fraction of sp³-hybridized carbons (Fsp3) is 0.391. The van der Waals surface area contributed by atoms with Gasteiger partial charge >= 0.3 is 0 Å². The van der Waals surface area contributed by atoms with Crippen LogP contribution in [0.15, 0.2) is 30.5 Å². The first-order chi connectivity index (χ1) is 13.5. The van der Waals surface area contributed by atoms with Crippen molar-refractivity contribution in [2.24, 2.45) is 0 Å². The van der Waals surface area contributed by atoms with Gasteiger partial charge in [-0.15, -0.1) is 0 Å². The lowest BCUT2D eigenvalue weighted by Gasteiger charge is -2.36. The second-order valence-electron chi connectivity index (χ2n) is 7.87. The first-order valence-electron chi connectivity index (χ1n) is 9.97. The molecule has 0 bridgehead atoms. The molecule has 5 heteroatoms. The van der Waals surface area contributed by atoms with Crippen LogP contribution in [0.4, 0.5) is 5.82 Å². The van der Waals surface area contributed by atoms with E-state index in [-0.39, 0.29) is 5.91 Å². The smallest absolute Gasteiger partial charge is 0.227 e. The van der Waals surface area contributed by atoms with Crippen LogP contribution in [-0.4, -0.2) is 47.0 Å². The van der Waals surface area contributed by atoms with Crippen LogP contribution in [-0.2, 0) is 11.2 Å². The topological polar surface area (TPSA) is 52.2 Å². The fourth-order valence-electron chi connectivity index (χ4n) is 4.27. The van der Waals surface area contributed by atoms with Crippen molar-refractivity contribution in [1.29, 1.82) is 0 Å². The van der Waals surface area contributed by atoms with Crippen LogP contribution in [0.25, 0.3) is 10.9 Å². The van der Waals surface area contributed by atoms with Crippen LogP contribution in [0, 0.1) is 27.7 Å². The first-order valence-corrected chi connectivity index (χ1v) is 9.97. The number of pyridine rings is 1. The van der Waals surface area contributed by atoms with E-state index < -0.39 is 0 Å². The van der Waals surface area contributed by atoms with Crippen molar-refractivity contribution in [1.82, 2.24) is 14.9 Å². The number of fused-ring (bicyclic) bond motifs is 1. The third kappa shape index (κ3) is 3.26. The summed E-state index contributed by atoms with van der Waals surface area (Å²) in [5.74, 6) is 1.25. The third-order valence-electron chi connectivity index (χ3n) is 5.93. The van der Waals surface area contributed by atoms with Gasteiger partial charge in [0, 0.05) is 49.0 Å². The van der Waals surface area contributed by atoms with Gasteiger partial charge in [-0.2, -0.15) is 0 Å². The number of aryl methyl sites for hydroxylation is 4. The molecule has 5 nitrogen and oxygen atoms in total. The van der Waals surface area contributed by atoms with Crippen molar-refractivity contribution in [2.45, 2.75) is 34.1 Å². The molecule has 0 aliphatic carbocycles. The van der Waals surface area contributed by atoms with Gasteiger partial charge in [-0.05, 0) is 56.0 Å². The summed E-state index contributed by atoms with van der Waals surface area (Å²) in [4.78, 5) is 25.3. The lowest BCUT2D eigenvalue weighted by Crippen LogP contribution is -2.49. The molecule has 1 aliphatic rings. The first kappa shape index (κ1) is 18.5. The molecule has 1 saturated heterocycles. The average Bonchev–Trinajstić information content (AvgIpc) is 3.03. The molecule has 0 atom stereocenters. The van der Waals surface area contributed by atoms with E-state index in [1.807, 2.05) is 17.2 Å². The summed E-state index contributed by atoms with van der Waals surface area (Å²) < 4.78 is 0. The Morgan fingerprint density at radius 2 is 1.71 bits per heavy atom. The van der Waals surface area contributed by atoms with Crippen molar-refractivity contribution in [3.05, 3.63) is 58.4 Å². The number of rotatable bonds is 3. The third-order valence-corrected chi connectivity index (χ3v) is 5.93. The minimum absolute atomic E-state index is 0.210. The number of piperazine rings is 1. The Kier molecular flexibility index (Phi) is 4.84. The minimum atomic E-state index is 0.210. The Morgan fingerprint density at radius 1 is 1.00 bits per heavy atom. The Balaban J connectivity index is 1.49. The summed E-state index contributed by atoms with van der Waals surface area (Å²) in [6.07, 6.45) is 2.29. The maximum absolute atomic E-state index is 13.0. The summed E-state index contributed by atoms with van der Waals surface area (Å²) in [7, 11) is 0. The van der Waals surface area contributed by atoms with Gasteiger partial charge in [-0.1, -0.05) is 18.2 Å². The highest BCUT2D eigenvalue weighted by atomic mass is 16.2. The number of nitrogens with zero attached hydrogens (tertiary/aromatic N) is 3. The molecule has 1 fully saturated rings. The van der Waals surface area contributed by atoms with Crippen molar-refractivity contribution in [2.75, 3.05) is 31.1 Å². The van der Waals surface area contributed by atoms with E-state index >= 15 is 0 Å². The second-order valence-corrected chi connectivity index (χ2v) is 7.87. The second kappa shape index (κ2) is 7.30. The number of anilines is 1. The number of benzene rings is 1. The van der Waals surface area contributed by atoms with Crippen LogP contribution < -0.4 is 4.90 Å². The Hall–Kier alpha value is -2.82. The lowest BCUT2D eigenvalue weighted by atomic mass is 10.0. The summed E-state index contributed by atoms with van der Waals surface area (Å²) in [5.41, 5.74) is 7.04. The SMILES string of the molecule is Cc1cccnc1N1CCN(C(=O)Cc2c(C)[nH]c3c(C)ccc(C)c23)CC1. The number of hydrogen-bond donors (Lipinski definition) is 1. The maximum atomic E-state index is 13.0. The molecular formula is C23H28N4O. The maximum Gasteiger partial charge on any atom is 0.227 e. The number of carbonyl (C=O) groups excluding carboxylic acids is 1. The molecule has 1 aromatic carbocycles. The molecule has 2 aromatic heterocycles. The fourth-order valence-corrected chi connectivity index (χ4v) is 4.27. The molecule has 0 saturated carbocycles. The average molecular weight is 377 g/mol. The number of hydrogen-bond acceptors (Lipinski definition) is 3. The van der Waals surface area contributed by atoms with E-state index in [1.165, 1.54) is 22.1 Å².